The average Bonchev–Trinajstić information content (AvgIpc) is 2.82. The molecule has 0 saturated carbocycles. The number of nitrogens with one attached hydrogen (secondary N) is 1. The lowest BCUT2D eigenvalue weighted by Gasteiger charge is -2.24. The van der Waals surface area contributed by atoms with Gasteiger partial charge in [0.25, 0.3) is 0 Å². The molecule has 1 amide bonds. The first-order valence-corrected chi connectivity index (χ1v) is 8.40. The summed E-state index contributed by atoms with van der Waals surface area (Å²) in [5, 5.41) is 3.28. The lowest BCUT2D eigenvalue weighted by molar-refractivity contribution is -0.128. The van der Waals surface area contributed by atoms with Crippen LogP contribution in [0.1, 0.15) is 25.1 Å². The predicted molar refractivity (Wildman–Crippen MR) is 83.1 cm³/mol. The van der Waals surface area contributed by atoms with Crippen LogP contribution in [0.25, 0.3) is 0 Å². The molecule has 1 aliphatic rings. The van der Waals surface area contributed by atoms with E-state index in [1.807, 2.05) is 47.9 Å². The third-order valence-corrected chi connectivity index (χ3v) is 4.03. The lowest BCUT2D eigenvalue weighted by Crippen LogP contribution is -2.31. The first kappa shape index (κ1) is 15.2. The van der Waals surface area contributed by atoms with Crippen LogP contribution in [0, 0.1) is 0 Å². The van der Waals surface area contributed by atoms with E-state index in [4.69, 9.17) is 4.74 Å². The van der Waals surface area contributed by atoms with E-state index in [1.54, 1.807) is 0 Å². The number of carbonyl (C=O) groups is 1. The van der Waals surface area contributed by atoms with Gasteiger partial charge in [-0.2, -0.15) is 11.8 Å². The monoisotopic (exact) mass is 294 g/mol. The highest BCUT2D eigenvalue weighted by atomic mass is 32.2. The fraction of sp³-hybridized carbons (Fsp3) is 0.533. The minimum absolute atomic E-state index is 0.0000302. The maximum absolute atomic E-state index is 12.0. The summed E-state index contributed by atoms with van der Waals surface area (Å²) in [6, 6.07) is 7.98. The minimum Gasteiger partial charge on any atom is -0.494 e. The van der Waals surface area contributed by atoms with Crippen molar-refractivity contribution in [3.63, 3.8) is 0 Å². The summed E-state index contributed by atoms with van der Waals surface area (Å²) in [5.74, 6) is 2.14. The number of ether oxygens (including phenoxy) is 1. The summed E-state index contributed by atoms with van der Waals surface area (Å²) in [7, 11) is 0. The number of benzene rings is 1. The van der Waals surface area contributed by atoms with Gasteiger partial charge < -0.3 is 9.64 Å². The zero-order chi connectivity index (χ0) is 14.4. The predicted octanol–water partition coefficient (Wildman–Crippen LogP) is 2.27. The summed E-state index contributed by atoms with van der Waals surface area (Å²) in [6.07, 6.45) is 3.12. The van der Waals surface area contributed by atoms with Gasteiger partial charge in [0.05, 0.1) is 13.2 Å². The van der Waals surface area contributed by atoms with E-state index in [1.165, 1.54) is 0 Å². The molecule has 1 aromatic rings. The summed E-state index contributed by atoms with van der Waals surface area (Å²) in [5.41, 5.74) is 1.11. The first-order chi connectivity index (χ1) is 9.76. The van der Waals surface area contributed by atoms with E-state index in [0.717, 1.165) is 30.0 Å². The van der Waals surface area contributed by atoms with Crippen molar-refractivity contribution >= 4 is 17.7 Å². The van der Waals surface area contributed by atoms with E-state index in [2.05, 4.69) is 11.6 Å². The van der Waals surface area contributed by atoms with Crippen LogP contribution >= 0.6 is 11.8 Å². The molecule has 4 nitrogen and oxygen atoms in total. The molecule has 110 valence electrons. The zero-order valence-electron chi connectivity index (χ0n) is 12.1. The van der Waals surface area contributed by atoms with Gasteiger partial charge in [0, 0.05) is 6.54 Å². The Balaban J connectivity index is 2.03. The molecular weight excluding hydrogens is 272 g/mol. The van der Waals surface area contributed by atoms with Crippen LogP contribution in [-0.4, -0.2) is 42.5 Å². The number of hydrogen-bond acceptors (Lipinski definition) is 4. The molecule has 0 spiro atoms. The maximum atomic E-state index is 12.0. The summed E-state index contributed by atoms with van der Waals surface area (Å²) >= 11 is 1.82. The second-order valence-corrected chi connectivity index (χ2v) is 5.70. The summed E-state index contributed by atoms with van der Waals surface area (Å²) in [4.78, 5) is 13.9. The van der Waals surface area contributed by atoms with Gasteiger partial charge >= 0.3 is 0 Å². The van der Waals surface area contributed by atoms with Crippen molar-refractivity contribution < 1.29 is 9.53 Å². The zero-order valence-corrected chi connectivity index (χ0v) is 12.9. The second kappa shape index (κ2) is 7.55. The summed E-state index contributed by atoms with van der Waals surface area (Å²) < 4.78 is 5.45. The van der Waals surface area contributed by atoms with Crippen molar-refractivity contribution in [2.24, 2.45) is 0 Å². The van der Waals surface area contributed by atoms with Gasteiger partial charge in [-0.3, -0.25) is 10.1 Å². The Bertz CT molecular complexity index is 436. The molecule has 1 unspecified atom stereocenters. The van der Waals surface area contributed by atoms with Crippen LogP contribution in [0.2, 0.25) is 0 Å². The van der Waals surface area contributed by atoms with Gasteiger partial charge in [-0.05, 0) is 43.0 Å². The SMILES string of the molecule is CCOc1ccc(C2NCC(=O)N2CCCSC)cc1. The van der Waals surface area contributed by atoms with Crippen molar-refractivity contribution in [3.05, 3.63) is 29.8 Å². The molecule has 1 aromatic carbocycles. The van der Waals surface area contributed by atoms with E-state index in [-0.39, 0.29) is 12.1 Å². The first-order valence-electron chi connectivity index (χ1n) is 7.00. The third-order valence-electron chi connectivity index (χ3n) is 3.33. The van der Waals surface area contributed by atoms with Crippen molar-refractivity contribution in [2.75, 3.05) is 31.7 Å². The quantitative estimate of drug-likeness (QED) is 0.783. The number of rotatable bonds is 7. The Kier molecular flexibility index (Phi) is 5.73. The van der Waals surface area contributed by atoms with E-state index in [9.17, 15) is 4.79 Å². The minimum atomic E-state index is 0.0000302. The molecule has 20 heavy (non-hydrogen) atoms. The molecule has 1 heterocycles. The molecule has 0 radical (unpaired) electrons. The van der Waals surface area contributed by atoms with Crippen LogP contribution in [-0.2, 0) is 4.79 Å². The third kappa shape index (κ3) is 3.67. The molecule has 1 N–H and O–H groups in total. The number of hydrogen-bond donors (Lipinski definition) is 1. The molecule has 0 aliphatic carbocycles. The number of thioether (sulfide) groups is 1. The van der Waals surface area contributed by atoms with Crippen LogP contribution in [0.15, 0.2) is 24.3 Å². The lowest BCUT2D eigenvalue weighted by atomic mass is 10.1. The van der Waals surface area contributed by atoms with Crippen LogP contribution in [0.4, 0.5) is 0 Å². The van der Waals surface area contributed by atoms with Crippen LogP contribution < -0.4 is 10.1 Å². The van der Waals surface area contributed by atoms with Crippen molar-refractivity contribution in [3.8, 4) is 5.75 Å². The van der Waals surface area contributed by atoms with Crippen molar-refractivity contribution in [2.45, 2.75) is 19.5 Å². The molecule has 0 bridgehead atoms. The topological polar surface area (TPSA) is 41.6 Å². The van der Waals surface area contributed by atoms with Gasteiger partial charge in [-0.1, -0.05) is 12.1 Å². The fourth-order valence-electron chi connectivity index (χ4n) is 2.38. The Labute approximate surface area is 124 Å². The highest BCUT2D eigenvalue weighted by molar-refractivity contribution is 7.98. The van der Waals surface area contributed by atoms with Gasteiger partial charge in [0.15, 0.2) is 0 Å². The van der Waals surface area contributed by atoms with Crippen LogP contribution in [0.3, 0.4) is 0 Å². The number of nitrogens with zero attached hydrogens (tertiary/aromatic N) is 1. The van der Waals surface area contributed by atoms with E-state index in [0.29, 0.717) is 13.2 Å². The van der Waals surface area contributed by atoms with Crippen molar-refractivity contribution in [1.29, 1.82) is 0 Å². The van der Waals surface area contributed by atoms with Gasteiger partial charge in [-0.15, -0.1) is 0 Å². The number of carbonyl (C=O) groups excluding carboxylic acids is 1. The Morgan fingerprint density at radius 3 is 2.80 bits per heavy atom. The van der Waals surface area contributed by atoms with Gasteiger partial charge in [-0.25, -0.2) is 0 Å². The fourth-order valence-corrected chi connectivity index (χ4v) is 2.80. The molecule has 0 aromatic heterocycles. The molecule has 1 aliphatic heterocycles. The Morgan fingerprint density at radius 1 is 1.40 bits per heavy atom. The van der Waals surface area contributed by atoms with Gasteiger partial charge in [0.1, 0.15) is 11.9 Å². The largest absolute Gasteiger partial charge is 0.494 e. The Hall–Kier alpha value is -1.20. The van der Waals surface area contributed by atoms with Crippen molar-refractivity contribution in [1.82, 2.24) is 10.2 Å². The Morgan fingerprint density at radius 2 is 2.15 bits per heavy atom. The summed E-state index contributed by atoms with van der Waals surface area (Å²) in [6.45, 7) is 3.88. The number of amides is 1. The van der Waals surface area contributed by atoms with Crippen LogP contribution in [0.5, 0.6) is 5.75 Å². The molecule has 5 heteroatoms. The van der Waals surface area contributed by atoms with E-state index >= 15 is 0 Å². The average molecular weight is 294 g/mol. The molecular formula is C15H22N2O2S. The van der Waals surface area contributed by atoms with Gasteiger partial charge in [0.2, 0.25) is 5.91 Å². The maximum Gasteiger partial charge on any atom is 0.238 e. The smallest absolute Gasteiger partial charge is 0.238 e. The highest BCUT2D eigenvalue weighted by Crippen LogP contribution is 2.24. The molecule has 1 saturated heterocycles. The standard InChI is InChI=1S/C15H22N2O2S/c1-3-19-13-7-5-12(6-8-13)15-16-11-14(18)17(15)9-4-10-20-2/h5-8,15-16H,3-4,9-11H2,1-2H3. The molecule has 2 rings (SSSR count). The second-order valence-electron chi connectivity index (χ2n) is 4.72. The normalized spacial score (nSPS) is 18.6. The molecule has 1 atom stereocenters. The highest BCUT2D eigenvalue weighted by Gasteiger charge is 2.30. The molecule has 1 fully saturated rings. The van der Waals surface area contributed by atoms with E-state index < -0.39 is 0 Å².